The molecule has 0 saturated carbocycles. The normalized spacial score (nSPS) is 11.5. The zero-order chi connectivity index (χ0) is 16.0. The van der Waals surface area contributed by atoms with Gasteiger partial charge in [0.1, 0.15) is 10.6 Å². The zero-order valence-corrected chi connectivity index (χ0v) is 13.2. The van der Waals surface area contributed by atoms with Crippen LogP contribution in [0.3, 0.4) is 0 Å². The number of hydrogen-bond acceptors (Lipinski definition) is 5. The number of rotatable bonds is 7. The van der Waals surface area contributed by atoms with Gasteiger partial charge in [-0.25, -0.2) is 12.7 Å². The fourth-order valence-corrected chi connectivity index (χ4v) is 2.66. The van der Waals surface area contributed by atoms with E-state index in [9.17, 15) is 13.2 Å². The van der Waals surface area contributed by atoms with Crippen LogP contribution in [0.15, 0.2) is 23.1 Å². The van der Waals surface area contributed by atoms with E-state index in [1.54, 1.807) is 13.0 Å². The number of nitrogens with two attached hydrogens (primary N) is 1. The highest BCUT2D eigenvalue weighted by Crippen LogP contribution is 2.29. The van der Waals surface area contributed by atoms with Crippen molar-refractivity contribution in [2.45, 2.75) is 18.2 Å². The van der Waals surface area contributed by atoms with Crippen molar-refractivity contribution in [3.05, 3.63) is 18.2 Å². The van der Waals surface area contributed by atoms with Gasteiger partial charge in [0.25, 0.3) is 0 Å². The van der Waals surface area contributed by atoms with Crippen molar-refractivity contribution < 1.29 is 17.9 Å². The predicted molar refractivity (Wildman–Crippen MR) is 80.8 cm³/mol. The van der Waals surface area contributed by atoms with Gasteiger partial charge >= 0.3 is 0 Å². The number of hydrogen-bond donors (Lipinski definition) is 2. The third kappa shape index (κ3) is 4.42. The molecule has 7 nitrogen and oxygen atoms in total. The molecule has 0 atom stereocenters. The summed E-state index contributed by atoms with van der Waals surface area (Å²) in [6.07, 6.45) is 0.170. The van der Waals surface area contributed by atoms with Gasteiger partial charge in [0.05, 0.1) is 6.61 Å². The first kappa shape index (κ1) is 17.4. The molecule has 0 radical (unpaired) electrons. The molecule has 1 amide bonds. The average Bonchev–Trinajstić information content (AvgIpc) is 2.40. The Morgan fingerprint density at radius 3 is 2.57 bits per heavy atom. The van der Waals surface area contributed by atoms with Crippen LogP contribution < -0.4 is 15.8 Å². The summed E-state index contributed by atoms with van der Waals surface area (Å²) in [5.41, 5.74) is 5.69. The van der Waals surface area contributed by atoms with Crippen LogP contribution in [-0.2, 0) is 14.8 Å². The minimum atomic E-state index is -3.67. The number of benzene rings is 1. The van der Waals surface area contributed by atoms with Gasteiger partial charge in [-0.15, -0.1) is 0 Å². The van der Waals surface area contributed by atoms with Gasteiger partial charge in [-0.3, -0.25) is 4.79 Å². The molecule has 0 fully saturated rings. The third-order valence-corrected chi connectivity index (χ3v) is 4.49. The number of anilines is 1. The molecule has 118 valence electrons. The fraction of sp³-hybridized carbons (Fsp3) is 0.462. The Labute approximate surface area is 125 Å². The lowest BCUT2D eigenvalue weighted by molar-refractivity contribution is -0.116. The van der Waals surface area contributed by atoms with Crippen LogP contribution in [0.4, 0.5) is 5.69 Å². The average molecular weight is 315 g/mol. The van der Waals surface area contributed by atoms with Gasteiger partial charge < -0.3 is 15.8 Å². The maximum absolute atomic E-state index is 12.3. The number of carbonyl (C=O) groups excluding carboxylic acids is 1. The Kier molecular flexibility index (Phi) is 6.13. The van der Waals surface area contributed by atoms with Gasteiger partial charge in [-0.2, -0.15) is 0 Å². The molecule has 3 N–H and O–H groups in total. The lowest BCUT2D eigenvalue weighted by Gasteiger charge is -2.16. The summed E-state index contributed by atoms with van der Waals surface area (Å²) in [5, 5.41) is 2.61. The molecule has 0 unspecified atom stereocenters. The summed E-state index contributed by atoms with van der Waals surface area (Å²) in [5.74, 6) is -0.0158. The van der Waals surface area contributed by atoms with E-state index >= 15 is 0 Å². The lowest BCUT2D eigenvalue weighted by atomic mass is 10.3. The molecule has 0 saturated heterocycles. The summed E-state index contributed by atoms with van der Waals surface area (Å²) in [4.78, 5) is 11.5. The van der Waals surface area contributed by atoms with E-state index in [0.717, 1.165) is 4.31 Å². The van der Waals surface area contributed by atoms with E-state index in [1.165, 1.54) is 26.2 Å². The summed E-state index contributed by atoms with van der Waals surface area (Å²) < 4.78 is 31.0. The maximum atomic E-state index is 12.3. The van der Waals surface area contributed by atoms with Crippen LogP contribution in [-0.4, -0.2) is 45.9 Å². The summed E-state index contributed by atoms with van der Waals surface area (Å²) in [7, 11) is -0.797. The number of nitrogens with zero attached hydrogens (tertiary/aromatic N) is 1. The minimum absolute atomic E-state index is 0.0138. The molecule has 0 heterocycles. The molecule has 0 spiro atoms. The third-order valence-electron chi connectivity index (χ3n) is 2.66. The van der Waals surface area contributed by atoms with Crippen LogP contribution in [0.2, 0.25) is 0 Å². The van der Waals surface area contributed by atoms with Crippen molar-refractivity contribution in [1.82, 2.24) is 4.31 Å². The Morgan fingerprint density at radius 2 is 2.05 bits per heavy atom. The van der Waals surface area contributed by atoms with Crippen molar-refractivity contribution >= 4 is 21.6 Å². The Balaban J connectivity index is 3.21. The topological polar surface area (TPSA) is 102 Å². The van der Waals surface area contributed by atoms with Gasteiger partial charge in [0, 0.05) is 32.7 Å². The molecule has 0 bridgehead atoms. The van der Waals surface area contributed by atoms with E-state index in [2.05, 4.69) is 5.32 Å². The fourth-order valence-electron chi connectivity index (χ4n) is 1.61. The van der Waals surface area contributed by atoms with Crippen molar-refractivity contribution in [3.8, 4) is 5.75 Å². The molecule has 0 aliphatic heterocycles. The van der Waals surface area contributed by atoms with Crippen LogP contribution in [0.5, 0.6) is 5.75 Å². The van der Waals surface area contributed by atoms with Crippen LogP contribution >= 0.6 is 0 Å². The first-order valence-electron chi connectivity index (χ1n) is 6.52. The monoisotopic (exact) mass is 315 g/mol. The van der Waals surface area contributed by atoms with Gasteiger partial charge in [0.2, 0.25) is 15.9 Å². The first-order chi connectivity index (χ1) is 9.82. The molecule has 1 rings (SSSR count). The molecule has 0 aliphatic carbocycles. The molecule has 0 aromatic heterocycles. The van der Waals surface area contributed by atoms with Crippen molar-refractivity contribution in [1.29, 1.82) is 0 Å². The van der Waals surface area contributed by atoms with E-state index < -0.39 is 10.0 Å². The Bertz CT molecular complexity index is 599. The Morgan fingerprint density at radius 1 is 1.38 bits per heavy atom. The largest absolute Gasteiger partial charge is 0.492 e. The second-order valence-electron chi connectivity index (χ2n) is 4.47. The quantitative estimate of drug-likeness (QED) is 0.768. The standard InChI is InChI=1S/C13H21N3O4S/c1-4-20-11-6-5-10(15-13(17)7-8-14)9-12(11)21(18,19)16(2)3/h5-6,9H,4,7-8,14H2,1-3H3,(H,15,17). The minimum Gasteiger partial charge on any atom is -0.492 e. The highest BCUT2D eigenvalue weighted by Gasteiger charge is 2.23. The molecule has 0 aliphatic rings. The number of nitrogens with one attached hydrogen (secondary N) is 1. The van der Waals surface area contributed by atoms with E-state index in [4.69, 9.17) is 10.5 Å². The Hall–Kier alpha value is -1.64. The van der Waals surface area contributed by atoms with Crippen molar-refractivity contribution in [2.75, 3.05) is 32.6 Å². The highest BCUT2D eigenvalue weighted by atomic mass is 32.2. The van der Waals surface area contributed by atoms with Crippen LogP contribution in [0.1, 0.15) is 13.3 Å². The maximum Gasteiger partial charge on any atom is 0.246 e. The number of amides is 1. The van der Waals surface area contributed by atoms with Crippen molar-refractivity contribution in [3.63, 3.8) is 0 Å². The SMILES string of the molecule is CCOc1ccc(NC(=O)CCN)cc1S(=O)(=O)N(C)C. The number of carbonyl (C=O) groups is 1. The first-order valence-corrected chi connectivity index (χ1v) is 7.96. The van der Waals surface area contributed by atoms with E-state index in [1.807, 2.05) is 0 Å². The predicted octanol–water partition coefficient (Wildman–Crippen LogP) is 0.623. The van der Waals surface area contributed by atoms with E-state index in [-0.39, 0.29) is 29.5 Å². The second-order valence-corrected chi connectivity index (χ2v) is 6.59. The second kappa shape index (κ2) is 7.39. The molecule has 1 aromatic carbocycles. The summed E-state index contributed by atoms with van der Waals surface area (Å²) in [6, 6.07) is 4.50. The van der Waals surface area contributed by atoms with Gasteiger partial charge in [-0.05, 0) is 25.1 Å². The molecule has 1 aromatic rings. The number of sulfonamides is 1. The van der Waals surface area contributed by atoms with Crippen molar-refractivity contribution in [2.24, 2.45) is 5.73 Å². The van der Waals surface area contributed by atoms with E-state index in [0.29, 0.717) is 12.3 Å². The highest BCUT2D eigenvalue weighted by molar-refractivity contribution is 7.89. The number of ether oxygens (including phenoxy) is 1. The van der Waals surface area contributed by atoms with Crippen LogP contribution in [0.25, 0.3) is 0 Å². The van der Waals surface area contributed by atoms with Crippen LogP contribution in [0, 0.1) is 0 Å². The molecule has 21 heavy (non-hydrogen) atoms. The molecule has 8 heteroatoms. The summed E-state index contributed by atoms with van der Waals surface area (Å²) in [6.45, 7) is 2.34. The van der Waals surface area contributed by atoms with Gasteiger partial charge in [0.15, 0.2) is 0 Å². The molecular formula is C13H21N3O4S. The van der Waals surface area contributed by atoms with Gasteiger partial charge in [-0.1, -0.05) is 0 Å². The molecular weight excluding hydrogens is 294 g/mol. The zero-order valence-electron chi connectivity index (χ0n) is 12.4. The lowest BCUT2D eigenvalue weighted by Crippen LogP contribution is -2.23. The smallest absolute Gasteiger partial charge is 0.246 e. The summed E-state index contributed by atoms with van der Waals surface area (Å²) >= 11 is 0.